The van der Waals surface area contributed by atoms with Gasteiger partial charge in [-0.15, -0.1) is 0 Å². The Morgan fingerprint density at radius 1 is 1.41 bits per heavy atom. The van der Waals surface area contributed by atoms with E-state index in [0.29, 0.717) is 17.6 Å². The Balaban J connectivity index is 1.77. The van der Waals surface area contributed by atoms with Crippen LogP contribution in [0.3, 0.4) is 0 Å². The maximum Gasteiger partial charge on any atom is 0.252 e. The molecule has 1 saturated heterocycles. The number of carbonyl (C=O) groups excluding carboxylic acids is 1. The van der Waals surface area contributed by atoms with Crippen LogP contribution >= 0.6 is 0 Å². The number of carbonyl (C=O) groups is 1. The molecule has 0 bridgehead atoms. The lowest BCUT2D eigenvalue weighted by molar-refractivity contribution is 0.0945. The molecule has 1 atom stereocenters. The number of nitrogens with zero attached hydrogens (tertiary/aromatic N) is 2. The maximum atomic E-state index is 12.1. The number of rotatable bonds is 6. The molecule has 1 fully saturated rings. The van der Waals surface area contributed by atoms with Gasteiger partial charge >= 0.3 is 0 Å². The van der Waals surface area contributed by atoms with Crippen molar-refractivity contribution in [3.05, 3.63) is 23.9 Å². The molecule has 1 amide bonds. The highest BCUT2D eigenvalue weighted by Crippen LogP contribution is 2.17. The second kappa shape index (κ2) is 8.13. The van der Waals surface area contributed by atoms with E-state index in [9.17, 15) is 4.79 Å². The molecular formula is C17H28N4O. The van der Waals surface area contributed by atoms with Crippen LogP contribution < -0.4 is 10.6 Å². The largest absolute Gasteiger partial charge is 0.368 e. The number of hydrogen-bond donors (Lipinski definition) is 2. The fourth-order valence-corrected chi connectivity index (χ4v) is 2.87. The summed E-state index contributed by atoms with van der Waals surface area (Å²) in [5, 5.41) is 6.21. The molecule has 122 valence electrons. The normalized spacial score (nSPS) is 19.2. The third kappa shape index (κ3) is 4.98. The van der Waals surface area contributed by atoms with E-state index in [1.165, 1.54) is 25.8 Å². The van der Waals surface area contributed by atoms with Crippen LogP contribution in [0.25, 0.3) is 0 Å². The molecule has 0 radical (unpaired) electrons. The predicted octanol–water partition coefficient (Wildman–Crippen LogP) is 2.51. The molecule has 1 aliphatic heterocycles. The van der Waals surface area contributed by atoms with Gasteiger partial charge in [-0.2, -0.15) is 0 Å². The third-order valence-electron chi connectivity index (χ3n) is 4.15. The molecule has 5 heteroatoms. The summed E-state index contributed by atoms with van der Waals surface area (Å²) in [7, 11) is 2.18. The number of aromatic nitrogens is 1. The Hall–Kier alpha value is -1.62. The van der Waals surface area contributed by atoms with E-state index in [2.05, 4.69) is 41.4 Å². The highest BCUT2D eigenvalue weighted by atomic mass is 16.1. The van der Waals surface area contributed by atoms with Gasteiger partial charge in [0.25, 0.3) is 5.91 Å². The van der Waals surface area contributed by atoms with Gasteiger partial charge in [0, 0.05) is 24.8 Å². The van der Waals surface area contributed by atoms with Crippen molar-refractivity contribution in [2.24, 2.45) is 0 Å². The van der Waals surface area contributed by atoms with Gasteiger partial charge in [-0.1, -0.05) is 6.42 Å². The van der Waals surface area contributed by atoms with Gasteiger partial charge in [0.05, 0.1) is 5.56 Å². The summed E-state index contributed by atoms with van der Waals surface area (Å²) in [4.78, 5) is 18.8. The van der Waals surface area contributed by atoms with Crippen LogP contribution in [0.2, 0.25) is 0 Å². The summed E-state index contributed by atoms with van der Waals surface area (Å²) in [5.41, 5.74) is 0.617. The summed E-state index contributed by atoms with van der Waals surface area (Å²) in [6.45, 7) is 6.02. The molecule has 1 aromatic heterocycles. The van der Waals surface area contributed by atoms with Crippen LogP contribution in [0.15, 0.2) is 18.3 Å². The number of pyridine rings is 1. The van der Waals surface area contributed by atoms with Crippen molar-refractivity contribution in [3.63, 3.8) is 0 Å². The summed E-state index contributed by atoms with van der Waals surface area (Å²) >= 11 is 0. The first-order valence-corrected chi connectivity index (χ1v) is 8.27. The van der Waals surface area contributed by atoms with Gasteiger partial charge in [0.15, 0.2) is 0 Å². The van der Waals surface area contributed by atoms with Gasteiger partial charge in [0.2, 0.25) is 0 Å². The summed E-state index contributed by atoms with van der Waals surface area (Å²) in [5.74, 6) is 0.762. The van der Waals surface area contributed by atoms with E-state index in [4.69, 9.17) is 0 Å². The van der Waals surface area contributed by atoms with Crippen molar-refractivity contribution in [2.75, 3.05) is 25.5 Å². The van der Waals surface area contributed by atoms with E-state index in [1.54, 1.807) is 6.20 Å². The van der Waals surface area contributed by atoms with Crippen LogP contribution in [0.5, 0.6) is 0 Å². The zero-order valence-corrected chi connectivity index (χ0v) is 13.9. The lowest BCUT2D eigenvalue weighted by Gasteiger charge is -2.32. The first-order chi connectivity index (χ1) is 10.6. The van der Waals surface area contributed by atoms with E-state index in [1.807, 2.05) is 12.1 Å². The quantitative estimate of drug-likeness (QED) is 0.848. The van der Waals surface area contributed by atoms with E-state index >= 15 is 0 Å². The van der Waals surface area contributed by atoms with E-state index in [-0.39, 0.29) is 5.91 Å². The molecule has 0 unspecified atom stereocenters. The molecule has 0 aliphatic carbocycles. The Kier molecular flexibility index (Phi) is 6.19. The molecule has 1 aromatic rings. The number of piperidine rings is 1. The number of anilines is 1. The second-order valence-corrected chi connectivity index (χ2v) is 6.41. The molecule has 2 N–H and O–H groups in total. The minimum atomic E-state index is -0.0398. The first kappa shape index (κ1) is 16.7. The smallest absolute Gasteiger partial charge is 0.252 e. The SMILES string of the molecule is CC(C)Nc1ccc(C(=O)NCC[C@H]2CCCCN2C)cn1. The minimum Gasteiger partial charge on any atom is -0.368 e. The standard InChI is InChI=1S/C17H28N4O/c1-13(2)20-16-8-7-14(12-19-16)17(22)18-10-9-15-6-4-5-11-21(15)3/h7-8,12-13,15H,4-6,9-11H2,1-3H3,(H,18,22)(H,19,20)/t15-/m1/s1. The lowest BCUT2D eigenvalue weighted by Crippen LogP contribution is -2.39. The molecule has 0 saturated carbocycles. The van der Waals surface area contributed by atoms with Crippen molar-refractivity contribution >= 4 is 11.7 Å². The molecule has 1 aliphatic rings. The van der Waals surface area contributed by atoms with Gasteiger partial charge < -0.3 is 15.5 Å². The number of nitrogens with one attached hydrogen (secondary N) is 2. The zero-order chi connectivity index (χ0) is 15.9. The van der Waals surface area contributed by atoms with Gasteiger partial charge in [-0.25, -0.2) is 4.98 Å². The average Bonchev–Trinajstić information content (AvgIpc) is 2.49. The minimum absolute atomic E-state index is 0.0398. The number of likely N-dealkylation sites (tertiary alicyclic amines) is 1. The van der Waals surface area contributed by atoms with E-state index < -0.39 is 0 Å². The third-order valence-corrected chi connectivity index (χ3v) is 4.15. The van der Waals surface area contributed by atoms with Gasteiger partial charge in [-0.05, 0) is 58.8 Å². The molecular weight excluding hydrogens is 276 g/mol. The zero-order valence-electron chi connectivity index (χ0n) is 13.9. The van der Waals surface area contributed by atoms with Crippen LogP contribution in [-0.2, 0) is 0 Å². The summed E-state index contributed by atoms with van der Waals surface area (Å²) in [6, 6.07) is 4.60. The lowest BCUT2D eigenvalue weighted by atomic mass is 10.0. The highest BCUT2D eigenvalue weighted by molar-refractivity contribution is 5.94. The molecule has 2 heterocycles. The molecule has 5 nitrogen and oxygen atoms in total. The maximum absolute atomic E-state index is 12.1. The highest BCUT2D eigenvalue weighted by Gasteiger charge is 2.18. The fraction of sp³-hybridized carbons (Fsp3) is 0.647. The Bertz CT molecular complexity index is 472. The number of amides is 1. The molecule has 22 heavy (non-hydrogen) atoms. The summed E-state index contributed by atoms with van der Waals surface area (Å²) < 4.78 is 0. The fourth-order valence-electron chi connectivity index (χ4n) is 2.87. The van der Waals surface area contributed by atoms with Crippen LogP contribution in [-0.4, -0.2) is 48.0 Å². The Morgan fingerprint density at radius 2 is 2.23 bits per heavy atom. The Labute approximate surface area is 133 Å². The topological polar surface area (TPSA) is 57.3 Å². The van der Waals surface area contributed by atoms with Crippen molar-refractivity contribution in [1.82, 2.24) is 15.2 Å². The monoisotopic (exact) mass is 304 g/mol. The van der Waals surface area contributed by atoms with Crippen molar-refractivity contribution in [3.8, 4) is 0 Å². The second-order valence-electron chi connectivity index (χ2n) is 6.41. The van der Waals surface area contributed by atoms with E-state index in [0.717, 1.165) is 18.8 Å². The number of hydrogen-bond acceptors (Lipinski definition) is 4. The first-order valence-electron chi connectivity index (χ1n) is 8.27. The van der Waals surface area contributed by atoms with Crippen molar-refractivity contribution < 1.29 is 4.79 Å². The predicted molar refractivity (Wildman–Crippen MR) is 90.2 cm³/mol. The average molecular weight is 304 g/mol. The molecule has 2 rings (SSSR count). The summed E-state index contributed by atoms with van der Waals surface area (Å²) in [6.07, 6.45) is 6.48. The van der Waals surface area contributed by atoms with Crippen molar-refractivity contribution in [1.29, 1.82) is 0 Å². The van der Waals surface area contributed by atoms with Gasteiger partial charge in [0.1, 0.15) is 5.82 Å². The Morgan fingerprint density at radius 3 is 2.86 bits per heavy atom. The van der Waals surface area contributed by atoms with Crippen LogP contribution in [0.1, 0.15) is 49.9 Å². The molecule has 0 spiro atoms. The van der Waals surface area contributed by atoms with Gasteiger partial charge in [-0.3, -0.25) is 4.79 Å². The van der Waals surface area contributed by atoms with Crippen LogP contribution in [0, 0.1) is 0 Å². The van der Waals surface area contributed by atoms with Crippen molar-refractivity contribution in [2.45, 2.75) is 51.6 Å². The van der Waals surface area contributed by atoms with Crippen LogP contribution in [0.4, 0.5) is 5.82 Å². The molecule has 0 aromatic carbocycles.